The molecule has 0 saturated heterocycles. The number of ether oxygens (including phenoxy) is 2. The number of alkyl halides is 2. The van der Waals surface area contributed by atoms with Gasteiger partial charge in [-0.3, -0.25) is 9.69 Å². The van der Waals surface area contributed by atoms with E-state index in [0.717, 1.165) is 11.0 Å². The van der Waals surface area contributed by atoms with Gasteiger partial charge in [-0.2, -0.15) is 10.1 Å². The van der Waals surface area contributed by atoms with E-state index < -0.39 is 22.0 Å². The van der Waals surface area contributed by atoms with Crippen molar-refractivity contribution in [3.63, 3.8) is 0 Å². The molecule has 2 aliphatic rings. The van der Waals surface area contributed by atoms with Crippen molar-refractivity contribution in [2.75, 3.05) is 10.7 Å². The highest BCUT2D eigenvalue weighted by molar-refractivity contribution is 7.91. The molecule has 0 radical (unpaired) electrons. The lowest BCUT2D eigenvalue weighted by Gasteiger charge is -2.15. The first-order valence-corrected chi connectivity index (χ1v) is 11.3. The van der Waals surface area contributed by atoms with E-state index >= 15 is 0 Å². The summed E-state index contributed by atoms with van der Waals surface area (Å²) in [4.78, 5) is 18.7. The summed E-state index contributed by atoms with van der Waals surface area (Å²) in [5.41, 5.74) is 0.448. The number of fused-ring (bicyclic) bond motifs is 2. The van der Waals surface area contributed by atoms with E-state index in [1.807, 2.05) is 0 Å². The Hall–Kier alpha value is -3.19. The first kappa shape index (κ1) is 20.7. The predicted octanol–water partition coefficient (Wildman–Crippen LogP) is 2.53. The van der Waals surface area contributed by atoms with Crippen molar-refractivity contribution in [2.24, 2.45) is 7.05 Å². The Kier molecular flexibility index (Phi) is 4.30. The first-order chi connectivity index (χ1) is 15.0. The van der Waals surface area contributed by atoms with Gasteiger partial charge in [0.05, 0.1) is 12.3 Å². The highest BCUT2D eigenvalue weighted by atomic mass is 35.5. The van der Waals surface area contributed by atoms with Crippen LogP contribution >= 0.6 is 11.6 Å². The first-order valence-electron chi connectivity index (χ1n) is 9.26. The number of carbonyl (C=O) groups is 1. The molecule has 0 saturated carbocycles. The van der Waals surface area contributed by atoms with Gasteiger partial charge >= 0.3 is 6.29 Å². The highest BCUT2D eigenvalue weighted by Gasteiger charge is 2.46. The van der Waals surface area contributed by atoms with Gasteiger partial charge < -0.3 is 14.0 Å². The van der Waals surface area contributed by atoms with Gasteiger partial charge in [-0.1, -0.05) is 18.5 Å². The van der Waals surface area contributed by atoms with Crippen LogP contribution in [-0.2, 0) is 23.4 Å². The maximum atomic E-state index is 13.4. The molecule has 0 fully saturated rings. The number of carbonyl (C=O) groups excluding carboxylic acids is 1. The van der Waals surface area contributed by atoms with Gasteiger partial charge in [0.25, 0.3) is 5.91 Å². The van der Waals surface area contributed by atoms with Crippen LogP contribution < -0.4 is 14.4 Å². The van der Waals surface area contributed by atoms with E-state index in [1.54, 1.807) is 0 Å². The molecule has 10 nitrogen and oxygen atoms in total. The zero-order valence-electron chi connectivity index (χ0n) is 16.5. The third-order valence-corrected chi connectivity index (χ3v) is 7.13. The minimum absolute atomic E-state index is 0.0826. The molecule has 14 heteroatoms. The summed E-state index contributed by atoms with van der Waals surface area (Å²) < 4.78 is 63.9. The number of amides is 1. The Morgan fingerprint density at radius 3 is 2.56 bits per heavy atom. The van der Waals surface area contributed by atoms with Crippen molar-refractivity contribution in [1.82, 2.24) is 19.3 Å². The quantitative estimate of drug-likeness (QED) is 0.558. The molecular weight excluding hydrogens is 472 g/mol. The van der Waals surface area contributed by atoms with Crippen molar-refractivity contribution in [1.29, 1.82) is 0 Å². The molecule has 168 valence electrons. The van der Waals surface area contributed by atoms with Crippen LogP contribution in [0.2, 0.25) is 5.15 Å². The summed E-state index contributed by atoms with van der Waals surface area (Å²) in [5.74, 6) is -1.33. The van der Waals surface area contributed by atoms with Crippen LogP contribution in [0.1, 0.15) is 22.8 Å². The van der Waals surface area contributed by atoms with Crippen molar-refractivity contribution in [2.45, 2.75) is 24.8 Å². The molecule has 0 spiro atoms. The van der Waals surface area contributed by atoms with Gasteiger partial charge in [0.1, 0.15) is 0 Å². The second-order valence-corrected chi connectivity index (χ2v) is 9.68. The van der Waals surface area contributed by atoms with E-state index in [1.165, 1.54) is 41.5 Å². The Labute approximate surface area is 184 Å². The van der Waals surface area contributed by atoms with Crippen LogP contribution in [0.25, 0.3) is 5.95 Å². The van der Waals surface area contributed by atoms with Crippen LogP contribution in [0, 0.1) is 0 Å². The molecule has 32 heavy (non-hydrogen) atoms. The van der Waals surface area contributed by atoms with E-state index in [2.05, 4.69) is 19.6 Å². The number of nitrogens with zero attached hydrogens (tertiary/aromatic N) is 5. The average molecular weight is 486 g/mol. The molecule has 4 heterocycles. The average Bonchev–Trinajstić information content (AvgIpc) is 3.43. The van der Waals surface area contributed by atoms with Crippen LogP contribution in [0.5, 0.6) is 11.5 Å². The lowest BCUT2D eigenvalue weighted by Crippen LogP contribution is -2.26. The third kappa shape index (κ3) is 3.03. The maximum absolute atomic E-state index is 13.4. The van der Waals surface area contributed by atoms with E-state index in [-0.39, 0.29) is 51.3 Å². The Balaban J connectivity index is 1.63. The second kappa shape index (κ2) is 6.65. The fraction of sp³-hybridized carbons (Fsp3) is 0.278. The number of anilines is 1. The smallest absolute Gasteiger partial charge is 0.395 e. The number of sulfone groups is 1. The molecule has 1 aromatic carbocycles. The molecular formula is C18H14ClF2N5O5S. The minimum Gasteiger partial charge on any atom is -0.395 e. The van der Waals surface area contributed by atoms with Gasteiger partial charge in [-0.05, 0) is 23.8 Å². The molecule has 1 amide bonds. The normalized spacial score (nSPS) is 16.7. The molecule has 2 aliphatic heterocycles. The summed E-state index contributed by atoms with van der Waals surface area (Å²) in [6.07, 6.45) is -2.32. The summed E-state index contributed by atoms with van der Waals surface area (Å²) in [6.45, 7) is 1.37. The van der Waals surface area contributed by atoms with Gasteiger partial charge in [0.15, 0.2) is 37.3 Å². The van der Waals surface area contributed by atoms with Crippen LogP contribution in [0.4, 0.5) is 14.6 Å². The summed E-state index contributed by atoms with van der Waals surface area (Å²) in [7, 11) is -2.35. The molecule has 3 aromatic rings. The lowest BCUT2D eigenvalue weighted by molar-refractivity contribution is -0.286. The van der Waals surface area contributed by atoms with E-state index in [0.29, 0.717) is 5.56 Å². The fourth-order valence-electron chi connectivity index (χ4n) is 3.66. The largest absolute Gasteiger partial charge is 0.586 e. The molecule has 0 atom stereocenters. The van der Waals surface area contributed by atoms with Crippen molar-refractivity contribution in [3.05, 3.63) is 40.7 Å². The minimum atomic E-state index is -3.83. The van der Waals surface area contributed by atoms with E-state index in [4.69, 9.17) is 11.6 Å². The standard InChI is InChI=1S/C18H14ClF2N5O5S/c1-3-32(28,29)16-14(22-17(24(16)2)26-5-4-13(19)23-26)25-8-9-6-11-12(7-10(9)15(25)27)31-18(20,21)30-11/h4-7H,3,8H2,1-2H3. The maximum Gasteiger partial charge on any atom is 0.586 e. The van der Waals surface area contributed by atoms with Crippen molar-refractivity contribution in [3.8, 4) is 17.4 Å². The number of imidazole rings is 1. The predicted molar refractivity (Wildman–Crippen MR) is 106 cm³/mol. The molecule has 2 aromatic heterocycles. The summed E-state index contributed by atoms with van der Waals surface area (Å²) in [6, 6.07) is 3.92. The lowest BCUT2D eigenvalue weighted by atomic mass is 10.1. The third-order valence-electron chi connectivity index (χ3n) is 5.12. The van der Waals surface area contributed by atoms with Crippen LogP contribution in [0.3, 0.4) is 0 Å². The van der Waals surface area contributed by atoms with Crippen LogP contribution in [0.15, 0.2) is 29.4 Å². The molecule has 5 rings (SSSR count). The number of hydrogen-bond acceptors (Lipinski definition) is 7. The second-order valence-electron chi connectivity index (χ2n) is 7.10. The van der Waals surface area contributed by atoms with Gasteiger partial charge in [-0.25, -0.2) is 13.1 Å². The Bertz CT molecular complexity index is 1400. The summed E-state index contributed by atoms with van der Waals surface area (Å²) >= 11 is 5.88. The SMILES string of the molecule is CCS(=O)(=O)c1c(N2Cc3cc4c(cc3C2=O)OC(F)(F)O4)nc(-n2ccc(Cl)n2)n1C. The molecule has 0 bridgehead atoms. The monoisotopic (exact) mass is 485 g/mol. The van der Waals surface area contributed by atoms with Crippen molar-refractivity contribution >= 4 is 33.2 Å². The number of halogens is 3. The zero-order chi connectivity index (χ0) is 23.0. The fourth-order valence-corrected chi connectivity index (χ4v) is 5.01. The number of aromatic nitrogens is 4. The van der Waals surface area contributed by atoms with Gasteiger partial charge in [-0.15, -0.1) is 8.78 Å². The number of benzene rings is 1. The molecule has 0 unspecified atom stereocenters. The van der Waals surface area contributed by atoms with Crippen molar-refractivity contribution < 1.29 is 31.5 Å². The highest BCUT2D eigenvalue weighted by Crippen LogP contribution is 2.45. The van der Waals surface area contributed by atoms with E-state index in [9.17, 15) is 22.0 Å². The number of hydrogen-bond donors (Lipinski definition) is 0. The Morgan fingerprint density at radius 1 is 1.25 bits per heavy atom. The number of rotatable bonds is 4. The molecule has 0 aliphatic carbocycles. The Morgan fingerprint density at radius 2 is 1.94 bits per heavy atom. The topological polar surface area (TPSA) is 109 Å². The summed E-state index contributed by atoms with van der Waals surface area (Å²) in [5, 5.41) is 4.03. The van der Waals surface area contributed by atoms with Gasteiger partial charge in [0, 0.05) is 18.8 Å². The molecule has 0 N–H and O–H groups in total. The van der Waals surface area contributed by atoms with Crippen LogP contribution in [-0.4, -0.2) is 45.7 Å². The zero-order valence-corrected chi connectivity index (χ0v) is 18.1. The van der Waals surface area contributed by atoms with Gasteiger partial charge in [0.2, 0.25) is 5.95 Å².